The summed E-state index contributed by atoms with van der Waals surface area (Å²) in [6.07, 6.45) is 0.766. The average Bonchev–Trinajstić information content (AvgIpc) is 2.98. The van der Waals surface area contributed by atoms with Crippen LogP contribution in [0.2, 0.25) is 0 Å². The van der Waals surface area contributed by atoms with Crippen molar-refractivity contribution in [2.75, 3.05) is 4.90 Å². The molecule has 5 rings (SSSR count). The number of benzene rings is 2. The topological polar surface area (TPSA) is 68.1 Å². The van der Waals surface area contributed by atoms with E-state index in [4.69, 9.17) is 0 Å². The van der Waals surface area contributed by atoms with Crippen LogP contribution in [-0.2, 0) is 10.5 Å². The second kappa shape index (κ2) is 5.54. The van der Waals surface area contributed by atoms with Gasteiger partial charge in [0.05, 0.1) is 5.69 Å². The third kappa shape index (κ3) is 2.17. The van der Waals surface area contributed by atoms with Crippen molar-refractivity contribution >= 4 is 11.6 Å². The van der Waals surface area contributed by atoms with Gasteiger partial charge < -0.3 is 0 Å². The molecule has 3 heterocycles. The van der Waals surface area contributed by atoms with Gasteiger partial charge in [0.25, 0.3) is 5.56 Å². The van der Waals surface area contributed by atoms with E-state index in [2.05, 4.69) is 10.1 Å². The van der Waals surface area contributed by atoms with Gasteiger partial charge in [0.15, 0.2) is 11.5 Å². The molecule has 1 atom stereocenters. The van der Waals surface area contributed by atoms with Gasteiger partial charge in [-0.2, -0.15) is 10.1 Å². The molecule has 0 aliphatic carbocycles. The lowest BCUT2D eigenvalue weighted by Crippen LogP contribution is -2.51. The standard InChI is InChI=1S/C20H14F2N4O2/c1-20-9-8-16(27)25(20)15-7-6-13(22)10-14(15)18-23-19(28)17(24-26(18)20)11-2-4-12(21)5-3-11/h2-7,10H,8-9H2,1H3/t20-/m0/s1. The molecule has 0 radical (unpaired) electrons. The fraction of sp³-hybridized carbons (Fsp3) is 0.200. The number of hydrogen-bond donors (Lipinski definition) is 0. The summed E-state index contributed by atoms with van der Waals surface area (Å²) in [6.45, 7) is 1.83. The van der Waals surface area contributed by atoms with Crippen LogP contribution in [0, 0.1) is 11.6 Å². The number of fused-ring (bicyclic) bond motifs is 6. The smallest absolute Gasteiger partial charge is 0.286 e. The van der Waals surface area contributed by atoms with Crippen LogP contribution in [0.4, 0.5) is 14.5 Å². The van der Waals surface area contributed by atoms with Crippen LogP contribution in [0.3, 0.4) is 0 Å². The van der Waals surface area contributed by atoms with Crippen molar-refractivity contribution in [2.24, 2.45) is 0 Å². The largest absolute Gasteiger partial charge is 0.300 e. The zero-order valence-electron chi connectivity index (χ0n) is 14.8. The van der Waals surface area contributed by atoms with Crippen molar-refractivity contribution in [3.8, 4) is 22.6 Å². The Morgan fingerprint density at radius 2 is 1.75 bits per heavy atom. The molecule has 140 valence electrons. The molecule has 28 heavy (non-hydrogen) atoms. The lowest BCUT2D eigenvalue weighted by atomic mass is 10.0. The van der Waals surface area contributed by atoms with E-state index in [1.165, 1.54) is 47.1 Å². The van der Waals surface area contributed by atoms with Crippen LogP contribution in [0.15, 0.2) is 47.3 Å². The normalized spacial score (nSPS) is 20.0. The Kier molecular flexibility index (Phi) is 3.31. The SMILES string of the molecule is C[C@]12CCC(=O)N1c1ccc(F)cc1-c1nc(=O)c(-c3ccc(F)cc3)nn12. The molecule has 1 aromatic heterocycles. The number of rotatable bonds is 1. The number of amides is 1. The molecule has 1 saturated heterocycles. The van der Waals surface area contributed by atoms with Crippen molar-refractivity contribution < 1.29 is 13.6 Å². The van der Waals surface area contributed by atoms with Crippen molar-refractivity contribution in [1.29, 1.82) is 0 Å². The second-order valence-electron chi connectivity index (χ2n) is 7.12. The molecular formula is C20H14F2N4O2. The van der Waals surface area contributed by atoms with Gasteiger partial charge in [-0.3, -0.25) is 14.5 Å². The number of hydrogen-bond acceptors (Lipinski definition) is 4. The highest BCUT2D eigenvalue weighted by Gasteiger charge is 2.50. The summed E-state index contributed by atoms with van der Waals surface area (Å²) in [6, 6.07) is 9.41. The van der Waals surface area contributed by atoms with E-state index in [1.54, 1.807) is 4.90 Å². The van der Waals surface area contributed by atoms with Gasteiger partial charge in [0.1, 0.15) is 17.3 Å². The Balaban J connectivity index is 1.82. The summed E-state index contributed by atoms with van der Waals surface area (Å²) in [4.78, 5) is 31.0. The van der Waals surface area contributed by atoms with Crippen LogP contribution in [0.1, 0.15) is 19.8 Å². The summed E-state index contributed by atoms with van der Waals surface area (Å²) in [7, 11) is 0. The van der Waals surface area contributed by atoms with Crippen molar-refractivity contribution in [3.05, 3.63) is 64.5 Å². The first-order valence-electron chi connectivity index (χ1n) is 8.79. The van der Waals surface area contributed by atoms with Crippen LogP contribution in [-0.4, -0.2) is 20.7 Å². The maximum absolute atomic E-state index is 13.9. The maximum Gasteiger partial charge on any atom is 0.300 e. The van der Waals surface area contributed by atoms with Gasteiger partial charge in [-0.05, 0) is 49.4 Å². The predicted molar refractivity (Wildman–Crippen MR) is 97.4 cm³/mol. The van der Waals surface area contributed by atoms with Crippen molar-refractivity contribution in [3.63, 3.8) is 0 Å². The molecule has 6 nitrogen and oxygen atoms in total. The molecule has 0 unspecified atom stereocenters. The van der Waals surface area contributed by atoms with E-state index in [-0.39, 0.29) is 17.4 Å². The van der Waals surface area contributed by atoms with E-state index in [9.17, 15) is 18.4 Å². The highest BCUT2D eigenvalue weighted by Crippen LogP contribution is 2.47. The zero-order chi connectivity index (χ0) is 19.6. The third-order valence-electron chi connectivity index (χ3n) is 5.37. The molecule has 1 fully saturated rings. The Labute approximate surface area is 158 Å². The summed E-state index contributed by atoms with van der Waals surface area (Å²) in [5.41, 5.74) is -0.165. The first-order valence-corrected chi connectivity index (χ1v) is 8.79. The monoisotopic (exact) mass is 380 g/mol. The number of aromatic nitrogens is 3. The van der Waals surface area contributed by atoms with E-state index >= 15 is 0 Å². The van der Waals surface area contributed by atoms with Gasteiger partial charge >= 0.3 is 0 Å². The Morgan fingerprint density at radius 3 is 2.50 bits per heavy atom. The summed E-state index contributed by atoms with van der Waals surface area (Å²) >= 11 is 0. The van der Waals surface area contributed by atoms with E-state index in [1.807, 2.05) is 6.92 Å². The van der Waals surface area contributed by atoms with Crippen LogP contribution >= 0.6 is 0 Å². The fourth-order valence-electron chi connectivity index (χ4n) is 4.00. The minimum Gasteiger partial charge on any atom is -0.286 e. The molecule has 0 saturated carbocycles. The minimum atomic E-state index is -0.868. The lowest BCUT2D eigenvalue weighted by Gasteiger charge is -2.42. The van der Waals surface area contributed by atoms with Gasteiger partial charge in [-0.1, -0.05) is 0 Å². The van der Waals surface area contributed by atoms with Crippen molar-refractivity contribution in [2.45, 2.75) is 25.4 Å². The maximum atomic E-state index is 13.9. The third-order valence-corrected chi connectivity index (χ3v) is 5.37. The fourth-order valence-corrected chi connectivity index (χ4v) is 4.00. The summed E-state index contributed by atoms with van der Waals surface area (Å²) in [5, 5.41) is 4.49. The molecule has 0 bridgehead atoms. The van der Waals surface area contributed by atoms with Crippen molar-refractivity contribution in [1.82, 2.24) is 14.8 Å². The van der Waals surface area contributed by atoms with Gasteiger partial charge in [0, 0.05) is 24.0 Å². The Hall–Kier alpha value is -3.42. The molecule has 1 amide bonds. The van der Waals surface area contributed by atoms with Gasteiger partial charge in [0.2, 0.25) is 5.91 Å². The molecular weight excluding hydrogens is 366 g/mol. The predicted octanol–water partition coefficient (Wildman–Crippen LogP) is 3.06. The molecule has 2 aliphatic heterocycles. The molecule has 2 aliphatic rings. The quantitative estimate of drug-likeness (QED) is 0.651. The zero-order valence-corrected chi connectivity index (χ0v) is 14.8. The molecule has 0 spiro atoms. The Bertz CT molecular complexity index is 1210. The number of halogens is 2. The number of anilines is 1. The van der Waals surface area contributed by atoms with E-state index in [0.717, 1.165) is 0 Å². The van der Waals surface area contributed by atoms with Gasteiger partial charge in [-0.25, -0.2) is 13.5 Å². The average molecular weight is 380 g/mol. The molecule has 8 heteroatoms. The van der Waals surface area contributed by atoms with E-state index in [0.29, 0.717) is 29.7 Å². The van der Waals surface area contributed by atoms with E-state index < -0.39 is 22.9 Å². The summed E-state index contributed by atoms with van der Waals surface area (Å²) in [5.74, 6) is -0.834. The van der Waals surface area contributed by atoms with Crippen LogP contribution < -0.4 is 10.5 Å². The second-order valence-corrected chi connectivity index (χ2v) is 7.12. The molecule has 3 aromatic rings. The van der Waals surface area contributed by atoms with Crippen LogP contribution in [0.25, 0.3) is 22.6 Å². The van der Waals surface area contributed by atoms with Gasteiger partial charge in [-0.15, -0.1) is 0 Å². The first kappa shape index (κ1) is 16.7. The molecule has 0 N–H and O–H groups in total. The first-order chi connectivity index (χ1) is 13.4. The Morgan fingerprint density at radius 1 is 1.04 bits per heavy atom. The van der Waals surface area contributed by atoms with Crippen LogP contribution in [0.5, 0.6) is 0 Å². The summed E-state index contributed by atoms with van der Waals surface area (Å²) < 4.78 is 28.7. The highest BCUT2D eigenvalue weighted by atomic mass is 19.1. The number of carbonyl (C=O) groups excluding carboxylic acids is 1. The lowest BCUT2D eigenvalue weighted by molar-refractivity contribution is -0.117. The molecule has 2 aromatic carbocycles. The highest BCUT2D eigenvalue weighted by molar-refractivity contribution is 6.01. The minimum absolute atomic E-state index is 0.0455. The number of carbonyl (C=O) groups is 1. The number of nitrogens with zero attached hydrogens (tertiary/aromatic N) is 4.